The molecule has 0 aromatic heterocycles. The van der Waals surface area contributed by atoms with Crippen LogP contribution in [0.5, 0.6) is 0 Å². The van der Waals surface area contributed by atoms with Gasteiger partial charge in [-0.3, -0.25) is 0 Å². The summed E-state index contributed by atoms with van der Waals surface area (Å²) < 4.78 is 27.5. The molecule has 20 heavy (non-hydrogen) atoms. The van der Waals surface area contributed by atoms with Gasteiger partial charge in [0, 0.05) is 6.04 Å². The molecule has 0 saturated heterocycles. The summed E-state index contributed by atoms with van der Waals surface area (Å²) >= 11 is 11.8. The lowest BCUT2D eigenvalue weighted by Gasteiger charge is -2.21. The van der Waals surface area contributed by atoms with Crippen LogP contribution >= 0.6 is 23.2 Å². The number of benzene rings is 1. The Kier molecular flexibility index (Phi) is 4.84. The summed E-state index contributed by atoms with van der Waals surface area (Å²) in [6.45, 7) is 1.89. The van der Waals surface area contributed by atoms with Crippen molar-refractivity contribution >= 4 is 38.9 Å². The third-order valence-electron chi connectivity index (χ3n) is 3.83. The summed E-state index contributed by atoms with van der Waals surface area (Å²) in [5, 5.41) is 0.224. The van der Waals surface area contributed by atoms with Crippen molar-refractivity contribution in [2.24, 2.45) is 5.92 Å². The molecule has 1 aromatic rings. The number of halogens is 2. The molecule has 0 spiro atoms. The summed E-state index contributed by atoms with van der Waals surface area (Å²) in [6, 6.07) is 2.71. The van der Waals surface area contributed by atoms with Gasteiger partial charge in [-0.25, -0.2) is 13.1 Å². The van der Waals surface area contributed by atoms with Gasteiger partial charge in [-0.1, -0.05) is 36.0 Å². The number of nitrogens with one attached hydrogen (secondary N) is 1. The highest BCUT2D eigenvalue weighted by Gasteiger charge is 2.28. The highest BCUT2D eigenvalue weighted by molar-refractivity contribution is 7.89. The van der Waals surface area contributed by atoms with Crippen LogP contribution < -0.4 is 10.5 Å². The Morgan fingerprint density at radius 3 is 2.50 bits per heavy atom. The van der Waals surface area contributed by atoms with Gasteiger partial charge in [-0.15, -0.1) is 0 Å². The summed E-state index contributed by atoms with van der Waals surface area (Å²) in [5.74, 6) is 0.383. The molecule has 4 nitrogen and oxygen atoms in total. The lowest BCUT2D eigenvalue weighted by Crippen LogP contribution is -2.37. The topological polar surface area (TPSA) is 72.2 Å². The van der Waals surface area contributed by atoms with E-state index in [0.29, 0.717) is 5.92 Å². The van der Waals surface area contributed by atoms with Crippen molar-refractivity contribution < 1.29 is 8.42 Å². The zero-order chi connectivity index (χ0) is 14.9. The number of hydrogen-bond donors (Lipinski definition) is 2. The lowest BCUT2D eigenvalue weighted by molar-refractivity contribution is 0.424. The Hall–Kier alpha value is -0.490. The van der Waals surface area contributed by atoms with Crippen LogP contribution in [0.15, 0.2) is 17.0 Å². The molecule has 1 aliphatic rings. The highest BCUT2D eigenvalue weighted by Crippen LogP contribution is 2.34. The molecule has 0 amide bonds. The number of anilines is 1. The second-order valence-corrected chi connectivity index (χ2v) is 7.70. The van der Waals surface area contributed by atoms with Crippen molar-refractivity contribution in [3.05, 3.63) is 22.2 Å². The molecule has 0 bridgehead atoms. The average molecular weight is 337 g/mol. The Morgan fingerprint density at radius 2 is 1.90 bits per heavy atom. The molecule has 1 unspecified atom stereocenters. The minimum atomic E-state index is -3.69. The molecule has 0 aliphatic heterocycles. The first-order chi connectivity index (χ1) is 9.33. The molecule has 7 heteroatoms. The molecular formula is C13H18Cl2N2O2S. The largest absolute Gasteiger partial charge is 0.396 e. The summed E-state index contributed by atoms with van der Waals surface area (Å²) in [4.78, 5) is -0.0223. The average Bonchev–Trinajstić information content (AvgIpc) is 2.89. The normalized spacial score (nSPS) is 18.4. The molecule has 3 N–H and O–H groups in total. The first kappa shape index (κ1) is 15.9. The van der Waals surface area contributed by atoms with E-state index in [1.807, 2.05) is 6.92 Å². The van der Waals surface area contributed by atoms with Gasteiger partial charge in [0.1, 0.15) is 4.90 Å². The Balaban J connectivity index is 2.24. The maximum Gasteiger partial charge on any atom is 0.242 e. The molecule has 1 atom stereocenters. The molecule has 1 saturated carbocycles. The highest BCUT2D eigenvalue weighted by atomic mass is 35.5. The van der Waals surface area contributed by atoms with Crippen molar-refractivity contribution in [1.29, 1.82) is 0 Å². The van der Waals surface area contributed by atoms with Gasteiger partial charge in [0.2, 0.25) is 10.0 Å². The fourth-order valence-electron chi connectivity index (χ4n) is 2.62. The number of nitrogen functional groups attached to an aromatic ring is 1. The lowest BCUT2D eigenvalue weighted by atomic mass is 10.0. The molecule has 1 aromatic carbocycles. The Morgan fingerprint density at radius 1 is 1.30 bits per heavy atom. The van der Waals surface area contributed by atoms with Gasteiger partial charge in [-0.05, 0) is 37.8 Å². The Labute approximate surface area is 129 Å². The first-order valence-corrected chi connectivity index (χ1v) is 8.82. The predicted molar refractivity (Wildman–Crippen MR) is 82.6 cm³/mol. The second-order valence-electron chi connectivity index (χ2n) is 5.23. The fraction of sp³-hybridized carbons (Fsp3) is 0.538. The minimum absolute atomic E-state index is 0.0223. The van der Waals surface area contributed by atoms with Gasteiger partial charge < -0.3 is 5.73 Å². The van der Waals surface area contributed by atoms with Crippen LogP contribution in [0.1, 0.15) is 32.6 Å². The van der Waals surface area contributed by atoms with Crippen LogP contribution in [0.25, 0.3) is 0 Å². The second kappa shape index (κ2) is 6.10. The van der Waals surface area contributed by atoms with E-state index in [1.165, 1.54) is 12.1 Å². The van der Waals surface area contributed by atoms with Crippen LogP contribution in [0.3, 0.4) is 0 Å². The smallest absolute Gasteiger partial charge is 0.242 e. The molecule has 112 valence electrons. The predicted octanol–water partition coefficient (Wildman–Crippen LogP) is 3.43. The van der Waals surface area contributed by atoms with Crippen molar-refractivity contribution in [3.8, 4) is 0 Å². The maximum atomic E-state index is 12.4. The molecule has 0 radical (unpaired) electrons. The summed E-state index contributed by atoms with van der Waals surface area (Å²) in [6.07, 6.45) is 4.43. The van der Waals surface area contributed by atoms with Crippen LogP contribution in [-0.2, 0) is 10.0 Å². The number of hydrogen-bond acceptors (Lipinski definition) is 3. The van der Waals surface area contributed by atoms with Crippen LogP contribution in [0.4, 0.5) is 5.69 Å². The van der Waals surface area contributed by atoms with Crippen LogP contribution in [-0.4, -0.2) is 14.5 Å². The monoisotopic (exact) mass is 336 g/mol. The summed E-state index contributed by atoms with van der Waals surface area (Å²) in [7, 11) is -3.69. The quantitative estimate of drug-likeness (QED) is 0.827. The van der Waals surface area contributed by atoms with E-state index in [0.717, 1.165) is 25.7 Å². The fourth-order valence-corrected chi connectivity index (χ4v) is 4.70. The van der Waals surface area contributed by atoms with E-state index in [-0.39, 0.29) is 26.7 Å². The third kappa shape index (κ3) is 3.22. The van der Waals surface area contributed by atoms with E-state index in [1.54, 1.807) is 0 Å². The van der Waals surface area contributed by atoms with Crippen molar-refractivity contribution in [3.63, 3.8) is 0 Å². The third-order valence-corrected chi connectivity index (χ3v) is 6.28. The maximum absolute atomic E-state index is 12.4. The van der Waals surface area contributed by atoms with E-state index in [4.69, 9.17) is 28.9 Å². The van der Waals surface area contributed by atoms with Gasteiger partial charge in [-0.2, -0.15) is 0 Å². The Bertz CT molecular complexity index is 599. The van der Waals surface area contributed by atoms with E-state index in [2.05, 4.69) is 4.72 Å². The molecule has 1 aliphatic carbocycles. The number of sulfonamides is 1. The van der Waals surface area contributed by atoms with Gasteiger partial charge in [0.15, 0.2) is 0 Å². The SMILES string of the molecule is CC(NS(=O)(=O)c1ccc(Cl)c(N)c1Cl)C1CCCC1. The molecule has 1 fully saturated rings. The standard InChI is InChI=1S/C13H18Cl2N2O2S/c1-8(9-4-2-3-5-9)17-20(18,19)11-7-6-10(14)13(16)12(11)15/h6-9,17H,2-5,16H2,1H3. The van der Waals surface area contributed by atoms with Crippen LogP contribution in [0.2, 0.25) is 10.0 Å². The van der Waals surface area contributed by atoms with Crippen molar-refractivity contribution in [2.75, 3.05) is 5.73 Å². The van der Waals surface area contributed by atoms with Crippen molar-refractivity contribution in [1.82, 2.24) is 4.72 Å². The van der Waals surface area contributed by atoms with E-state index in [9.17, 15) is 8.42 Å². The zero-order valence-corrected chi connectivity index (χ0v) is 13.5. The van der Waals surface area contributed by atoms with Crippen LogP contribution in [0, 0.1) is 5.92 Å². The van der Waals surface area contributed by atoms with E-state index < -0.39 is 10.0 Å². The van der Waals surface area contributed by atoms with Gasteiger partial charge in [0.25, 0.3) is 0 Å². The molecule has 0 heterocycles. The first-order valence-electron chi connectivity index (χ1n) is 6.58. The summed E-state index contributed by atoms with van der Waals surface area (Å²) in [5.41, 5.74) is 5.76. The van der Waals surface area contributed by atoms with Gasteiger partial charge in [0.05, 0.1) is 15.7 Å². The molecule has 2 rings (SSSR count). The van der Waals surface area contributed by atoms with E-state index >= 15 is 0 Å². The number of nitrogens with two attached hydrogens (primary N) is 1. The number of rotatable bonds is 4. The van der Waals surface area contributed by atoms with Crippen molar-refractivity contribution in [2.45, 2.75) is 43.5 Å². The van der Waals surface area contributed by atoms with Gasteiger partial charge >= 0.3 is 0 Å². The molecular weight excluding hydrogens is 319 g/mol. The zero-order valence-electron chi connectivity index (χ0n) is 11.2. The minimum Gasteiger partial charge on any atom is -0.396 e.